The zero-order valence-electron chi connectivity index (χ0n) is 9.33. The van der Waals surface area contributed by atoms with Crippen LogP contribution in [-0.2, 0) is 0 Å². The summed E-state index contributed by atoms with van der Waals surface area (Å²) < 4.78 is 39.9. The standard InChI is InChI=1S/C15H9F3/c16-13-8-7-12(14(17)15(13)18)11-6-5-9-3-1-2-4-10(9)11/h1-8,11H. The Kier molecular flexibility index (Phi) is 2.47. The molecular weight excluding hydrogens is 237 g/mol. The Hall–Kier alpha value is -2.03. The van der Waals surface area contributed by atoms with Gasteiger partial charge >= 0.3 is 0 Å². The van der Waals surface area contributed by atoms with Gasteiger partial charge in [-0.3, -0.25) is 0 Å². The van der Waals surface area contributed by atoms with Gasteiger partial charge in [-0.15, -0.1) is 0 Å². The molecule has 0 aliphatic heterocycles. The second-order valence-electron chi connectivity index (χ2n) is 4.23. The number of hydrogen-bond acceptors (Lipinski definition) is 0. The highest BCUT2D eigenvalue weighted by Crippen LogP contribution is 2.36. The zero-order chi connectivity index (χ0) is 12.7. The summed E-state index contributed by atoms with van der Waals surface area (Å²) in [5.74, 6) is -4.03. The van der Waals surface area contributed by atoms with Crippen LogP contribution in [0.3, 0.4) is 0 Å². The molecule has 0 N–H and O–H groups in total. The summed E-state index contributed by atoms with van der Waals surface area (Å²) in [7, 11) is 0. The summed E-state index contributed by atoms with van der Waals surface area (Å²) >= 11 is 0. The van der Waals surface area contributed by atoms with Crippen molar-refractivity contribution in [1.29, 1.82) is 0 Å². The second kappa shape index (κ2) is 4.02. The third-order valence-corrected chi connectivity index (χ3v) is 3.20. The summed E-state index contributed by atoms with van der Waals surface area (Å²) in [4.78, 5) is 0. The monoisotopic (exact) mass is 246 g/mol. The molecular formula is C15H9F3. The van der Waals surface area contributed by atoms with E-state index < -0.39 is 17.5 Å². The van der Waals surface area contributed by atoms with Gasteiger partial charge < -0.3 is 0 Å². The van der Waals surface area contributed by atoms with Crippen molar-refractivity contribution in [2.75, 3.05) is 0 Å². The van der Waals surface area contributed by atoms with E-state index in [0.29, 0.717) is 0 Å². The van der Waals surface area contributed by atoms with Gasteiger partial charge in [-0.2, -0.15) is 0 Å². The lowest BCUT2D eigenvalue weighted by Crippen LogP contribution is -2.03. The highest BCUT2D eigenvalue weighted by molar-refractivity contribution is 5.65. The molecule has 1 aliphatic carbocycles. The number of hydrogen-bond donors (Lipinski definition) is 0. The fourth-order valence-electron chi connectivity index (χ4n) is 2.30. The molecule has 0 saturated heterocycles. The Labute approximate surface area is 102 Å². The Bertz CT molecular complexity index is 644. The van der Waals surface area contributed by atoms with E-state index in [1.807, 2.05) is 30.3 Å². The van der Waals surface area contributed by atoms with Gasteiger partial charge in [-0.05, 0) is 17.2 Å². The van der Waals surface area contributed by atoms with Crippen LogP contribution in [0.25, 0.3) is 6.08 Å². The third-order valence-electron chi connectivity index (χ3n) is 3.20. The van der Waals surface area contributed by atoms with E-state index in [-0.39, 0.29) is 11.5 Å². The van der Waals surface area contributed by atoms with Gasteiger partial charge in [0, 0.05) is 11.5 Å². The van der Waals surface area contributed by atoms with Crippen molar-refractivity contribution >= 4 is 6.08 Å². The summed E-state index contributed by atoms with van der Waals surface area (Å²) in [6.07, 6.45) is 3.65. The first kappa shape index (κ1) is 11.1. The molecule has 2 aromatic carbocycles. The van der Waals surface area contributed by atoms with Gasteiger partial charge in [-0.25, -0.2) is 13.2 Å². The maximum Gasteiger partial charge on any atom is 0.194 e. The van der Waals surface area contributed by atoms with Crippen LogP contribution in [0.4, 0.5) is 13.2 Å². The van der Waals surface area contributed by atoms with Crippen molar-refractivity contribution in [2.24, 2.45) is 0 Å². The average Bonchev–Trinajstić information content (AvgIpc) is 2.80. The molecule has 0 aromatic heterocycles. The minimum atomic E-state index is -1.41. The molecule has 3 rings (SSSR count). The van der Waals surface area contributed by atoms with E-state index in [4.69, 9.17) is 0 Å². The molecule has 90 valence electrons. The molecule has 0 heterocycles. The molecule has 1 aliphatic rings. The summed E-state index contributed by atoms with van der Waals surface area (Å²) in [6, 6.07) is 9.75. The highest BCUT2D eigenvalue weighted by atomic mass is 19.2. The number of allylic oxidation sites excluding steroid dienone is 1. The van der Waals surface area contributed by atoms with Crippen LogP contribution in [0.5, 0.6) is 0 Å². The normalized spacial score (nSPS) is 16.9. The van der Waals surface area contributed by atoms with Crippen molar-refractivity contribution in [2.45, 2.75) is 5.92 Å². The lowest BCUT2D eigenvalue weighted by molar-refractivity contribution is 0.440. The smallest absolute Gasteiger partial charge is 0.194 e. The van der Waals surface area contributed by atoms with Crippen molar-refractivity contribution in [3.05, 3.63) is 76.6 Å². The summed E-state index contributed by atoms with van der Waals surface area (Å²) in [5.41, 5.74) is 2.05. The van der Waals surface area contributed by atoms with E-state index in [1.54, 1.807) is 6.08 Å². The van der Waals surface area contributed by atoms with E-state index in [2.05, 4.69) is 0 Å². The van der Waals surface area contributed by atoms with Crippen LogP contribution in [0.2, 0.25) is 0 Å². The fraction of sp³-hybridized carbons (Fsp3) is 0.0667. The predicted octanol–water partition coefficient (Wildman–Crippen LogP) is 4.26. The van der Waals surface area contributed by atoms with Crippen LogP contribution in [0, 0.1) is 17.5 Å². The maximum atomic E-state index is 13.8. The lowest BCUT2D eigenvalue weighted by Gasteiger charge is -2.13. The predicted molar refractivity (Wildman–Crippen MR) is 63.6 cm³/mol. The second-order valence-corrected chi connectivity index (χ2v) is 4.23. The Morgan fingerprint density at radius 3 is 2.39 bits per heavy atom. The average molecular weight is 246 g/mol. The number of rotatable bonds is 1. The van der Waals surface area contributed by atoms with Gasteiger partial charge in [-0.1, -0.05) is 42.5 Å². The quantitative estimate of drug-likeness (QED) is 0.659. The Morgan fingerprint density at radius 1 is 0.778 bits per heavy atom. The van der Waals surface area contributed by atoms with Gasteiger partial charge in [0.2, 0.25) is 0 Å². The van der Waals surface area contributed by atoms with Crippen molar-refractivity contribution in [3.63, 3.8) is 0 Å². The SMILES string of the molecule is Fc1ccc(C2C=Cc3ccccc32)c(F)c1F. The van der Waals surface area contributed by atoms with E-state index in [9.17, 15) is 13.2 Å². The van der Waals surface area contributed by atoms with Crippen molar-refractivity contribution in [1.82, 2.24) is 0 Å². The third kappa shape index (κ3) is 1.55. The van der Waals surface area contributed by atoms with Gasteiger partial charge in [0.1, 0.15) is 0 Å². The first-order valence-electron chi connectivity index (χ1n) is 5.59. The van der Waals surface area contributed by atoms with Crippen LogP contribution in [0.15, 0.2) is 42.5 Å². The molecule has 1 unspecified atom stereocenters. The number of benzene rings is 2. The molecule has 0 fully saturated rings. The molecule has 18 heavy (non-hydrogen) atoms. The van der Waals surface area contributed by atoms with E-state index >= 15 is 0 Å². The van der Waals surface area contributed by atoms with Crippen LogP contribution in [0.1, 0.15) is 22.6 Å². The lowest BCUT2D eigenvalue weighted by atomic mass is 9.92. The van der Waals surface area contributed by atoms with Gasteiger partial charge in [0.15, 0.2) is 17.5 Å². The topological polar surface area (TPSA) is 0 Å². The molecule has 2 aromatic rings. The molecule has 1 atom stereocenters. The van der Waals surface area contributed by atoms with E-state index in [0.717, 1.165) is 17.2 Å². The maximum absolute atomic E-state index is 13.8. The highest BCUT2D eigenvalue weighted by Gasteiger charge is 2.24. The fourth-order valence-corrected chi connectivity index (χ4v) is 2.30. The molecule has 0 radical (unpaired) electrons. The number of fused-ring (bicyclic) bond motifs is 1. The van der Waals surface area contributed by atoms with E-state index in [1.165, 1.54) is 6.07 Å². The largest absolute Gasteiger partial charge is 0.204 e. The van der Waals surface area contributed by atoms with Crippen molar-refractivity contribution in [3.8, 4) is 0 Å². The zero-order valence-corrected chi connectivity index (χ0v) is 9.33. The van der Waals surface area contributed by atoms with Crippen LogP contribution < -0.4 is 0 Å². The number of halogens is 3. The van der Waals surface area contributed by atoms with Gasteiger partial charge in [0.25, 0.3) is 0 Å². The molecule has 0 spiro atoms. The van der Waals surface area contributed by atoms with Crippen LogP contribution >= 0.6 is 0 Å². The molecule has 0 saturated carbocycles. The minimum Gasteiger partial charge on any atom is -0.204 e. The van der Waals surface area contributed by atoms with Crippen LogP contribution in [-0.4, -0.2) is 0 Å². The summed E-state index contributed by atoms with van der Waals surface area (Å²) in [5, 5.41) is 0. The Balaban J connectivity index is 2.14. The molecule has 3 heteroatoms. The summed E-state index contributed by atoms with van der Waals surface area (Å²) in [6.45, 7) is 0. The Morgan fingerprint density at radius 2 is 1.56 bits per heavy atom. The van der Waals surface area contributed by atoms with Crippen molar-refractivity contribution < 1.29 is 13.2 Å². The first-order chi connectivity index (χ1) is 8.68. The minimum absolute atomic E-state index is 0.162. The molecule has 0 nitrogen and oxygen atoms in total. The first-order valence-corrected chi connectivity index (χ1v) is 5.59. The molecule has 0 bridgehead atoms. The molecule has 0 amide bonds. The van der Waals surface area contributed by atoms with Gasteiger partial charge in [0.05, 0.1) is 0 Å².